The standard InChI is InChI=1S/C12H22N2O/c1-9(10-5-6-10)12(15)14-7-3-2-4-11(14)8-13/h9-11H,2-8,13H2,1H3. The van der Waals surface area contributed by atoms with Gasteiger partial charge in [-0.3, -0.25) is 4.79 Å². The van der Waals surface area contributed by atoms with Crippen molar-refractivity contribution in [2.75, 3.05) is 13.1 Å². The third kappa shape index (κ3) is 2.33. The van der Waals surface area contributed by atoms with E-state index in [1.54, 1.807) is 0 Å². The van der Waals surface area contributed by atoms with Crippen LogP contribution in [0.25, 0.3) is 0 Å². The second kappa shape index (κ2) is 4.52. The maximum absolute atomic E-state index is 12.2. The number of hydrogen-bond donors (Lipinski definition) is 1. The van der Waals surface area contributed by atoms with E-state index < -0.39 is 0 Å². The van der Waals surface area contributed by atoms with E-state index >= 15 is 0 Å². The SMILES string of the molecule is CC(C(=O)N1CCCCC1CN)C1CC1. The van der Waals surface area contributed by atoms with Crippen molar-refractivity contribution < 1.29 is 4.79 Å². The second-order valence-corrected chi connectivity index (χ2v) is 5.04. The first-order valence-electron chi connectivity index (χ1n) is 6.24. The second-order valence-electron chi connectivity index (χ2n) is 5.04. The van der Waals surface area contributed by atoms with Gasteiger partial charge < -0.3 is 10.6 Å². The van der Waals surface area contributed by atoms with Crippen molar-refractivity contribution in [2.24, 2.45) is 17.6 Å². The smallest absolute Gasteiger partial charge is 0.225 e. The Balaban J connectivity index is 1.96. The fourth-order valence-corrected chi connectivity index (χ4v) is 2.60. The van der Waals surface area contributed by atoms with Crippen molar-refractivity contribution in [3.8, 4) is 0 Å². The molecule has 3 nitrogen and oxygen atoms in total. The van der Waals surface area contributed by atoms with Crippen LogP contribution in [-0.4, -0.2) is 29.9 Å². The average molecular weight is 210 g/mol. The minimum atomic E-state index is 0.233. The molecule has 2 atom stereocenters. The third-order valence-corrected chi connectivity index (χ3v) is 3.90. The molecule has 1 heterocycles. The number of carbonyl (C=O) groups is 1. The van der Waals surface area contributed by atoms with Gasteiger partial charge in [-0.2, -0.15) is 0 Å². The molecule has 0 aromatic heterocycles. The van der Waals surface area contributed by atoms with Crippen LogP contribution in [0.3, 0.4) is 0 Å². The Morgan fingerprint density at radius 3 is 2.73 bits per heavy atom. The Morgan fingerprint density at radius 2 is 2.13 bits per heavy atom. The lowest BCUT2D eigenvalue weighted by Crippen LogP contribution is -2.49. The molecule has 1 saturated carbocycles. The van der Waals surface area contributed by atoms with Gasteiger partial charge in [-0.1, -0.05) is 6.92 Å². The first kappa shape index (κ1) is 10.9. The molecule has 15 heavy (non-hydrogen) atoms. The van der Waals surface area contributed by atoms with Crippen molar-refractivity contribution in [3.63, 3.8) is 0 Å². The summed E-state index contributed by atoms with van der Waals surface area (Å²) in [5, 5.41) is 0. The summed E-state index contributed by atoms with van der Waals surface area (Å²) in [6.07, 6.45) is 5.96. The molecular formula is C12H22N2O. The van der Waals surface area contributed by atoms with Crippen LogP contribution in [0.5, 0.6) is 0 Å². The molecule has 86 valence electrons. The average Bonchev–Trinajstić information content (AvgIpc) is 3.11. The van der Waals surface area contributed by atoms with Crippen LogP contribution in [0.2, 0.25) is 0 Å². The van der Waals surface area contributed by atoms with Crippen LogP contribution in [0.15, 0.2) is 0 Å². The van der Waals surface area contributed by atoms with Crippen molar-refractivity contribution in [3.05, 3.63) is 0 Å². The van der Waals surface area contributed by atoms with Crippen LogP contribution < -0.4 is 5.73 Å². The minimum Gasteiger partial charge on any atom is -0.338 e. The van der Waals surface area contributed by atoms with E-state index in [9.17, 15) is 4.79 Å². The molecule has 2 aliphatic rings. The Labute approximate surface area is 92.0 Å². The molecule has 1 aliphatic carbocycles. The number of rotatable bonds is 3. The monoisotopic (exact) mass is 210 g/mol. The van der Waals surface area contributed by atoms with Gasteiger partial charge in [-0.25, -0.2) is 0 Å². The molecule has 3 heteroatoms. The topological polar surface area (TPSA) is 46.3 Å². The number of amides is 1. The Hall–Kier alpha value is -0.570. The molecule has 2 N–H and O–H groups in total. The zero-order valence-corrected chi connectivity index (χ0v) is 9.61. The summed E-state index contributed by atoms with van der Waals surface area (Å²) in [7, 11) is 0. The normalized spacial score (nSPS) is 28.9. The summed E-state index contributed by atoms with van der Waals surface area (Å²) in [5.41, 5.74) is 5.73. The molecule has 1 saturated heterocycles. The van der Waals surface area contributed by atoms with Gasteiger partial charge in [0.25, 0.3) is 0 Å². The zero-order valence-electron chi connectivity index (χ0n) is 9.61. The van der Waals surface area contributed by atoms with E-state index in [1.807, 2.05) is 4.90 Å². The summed E-state index contributed by atoms with van der Waals surface area (Å²) < 4.78 is 0. The van der Waals surface area contributed by atoms with Gasteiger partial charge in [0.05, 0.1) is 0 Å². The van der Waals surface area contributed by atoms with E-state index in [0.717, 1.165) is 19.4 Å². The fraction of sp³-hybridized carbons (Fsp3) is 0.917. The quantitative estimate of drug-likeness (QED) is 0.764. The molecule has 0 bridgehead atoms. The van der Waals surface area contributed by atoms with Gasteiger partial charge in [0, 0.05) is 25.0 Å². The van der Waals surface area contributed by atoms with Gasteiger partial charge in [0.1, 0.15) is 0 Å². The lowest BCUT2D eigenvalue weighted by Gasteiger charge is -2.36. The molecule has 0 aromatic carbocycles. The van der Waals surface area contributed by atoms with E-state index in [1.165, 1.54) is 19.3 Å². The Kier molecular flexibility index (Phi) is 3.29. The molecule has 2 unspecified atom stereocenters. The van der Waals surface area contributed by atoms with Gasteiger partial charge >= 0.3 is 0 Å². The summed E-state index contributed by atoms with van der Waals surface area (Å²) in [4.78, 5) is 14.3. The predicted molar refractivity (Wildman–Crippen MR) is 60.3 cm³/mol. The molecule has 0 radical (unpaired) electrons. The molecule has 0 spiro atoms. The molecule has 1 amide bonds. The molecular weight excluding hydrogens is 188 g/mol. The van der Waals surface area contributed by atoms with Crippen LogP contribution in [0.4, 0.5) is 0 Å². The number of carbonyl (C=O) groups excluding carboxylic acids is 1. The molecule has 0 aromatic rings. The minimum absolute atomic E-state index is 0.233. The first-order valence-corrected chi connectivity index (χ1v) is 6.24. The van der Waals surface area contributed by atoms with Crippen LogP contribution in [0.1, 0.15) is 39.0 Å². The third-order valence-electron chi connectivity index (χ3n) is 3.90. The van der Waals surface area contributed by atoms with Crippen molar-refractivity contribution in [2.45, 2.75) is 45.1 Å². The van der Waals surface area contributed by atoms with Gasteiger partial charge in [0.2, 0.25) is 5.91 Å². The van der Waals surface area contributed by atoms with E-state index in [4.69, 9.17) is 5.73 Å². The maximum Gasteiger partial charge on any atom is 0.225 e. The lowest BCUT2D eigenvalue weighted by atomic mass is 9.98. The molecule has 2 rings (SSSR count). The van der Waals surface area contributed by atoms with Gasteiger partial charge in [0.15, 0.2) is 0 Å². The fourth-order valence-electron chi connectivity index (χ4n) is 2.60. The maximum atomic E-state index is 12.2. The van der Waals surface area contributed by atoms with E-state index in [-0.39, 0.29) is 5.92 Å². The Bertz CT molecular complexity index is 238. The van der Waals surface area contributed by atoms with Crippen molar-refractivity contribution in [1.29, 1.82) is 0 Å². The highest BCUT2D eigenvalue weighted by molar-refractivity contribution is 5.79. The highest BCUT2D eigenvalue weighted by Crippen LogP contribution is 2.38. The van der Waals surface area contributed by atoms with E-state index in [0.29, 0.717) is 24.4 Å². The highest BCUT2D eigenvalue weighted by atomic mass is 16.2. The number of nitrogens with zero attached hydrogens (tertiary/aromatic N) is 1. The van der Waals surface area contributed by atoms with Crippen LogP contribution in [0, 0.1) is 11.8 Å². The first-order chi connectivity index (χ1) is 7.24. The molecule has 2 fully saturated rings. The van der Waals surface area contributed by atoms with Crippen LogP contribution in [-0.2, 0) is 4.79 Å². The summed E-state index contributed by atoms with van der Waals surface area (Å²) in [6.45, 7) is 3.64. The zero-order chi connectivity index (χ0) is 10.8. The highest BCUT2D eigenvalue weighted by Gasteiger charge is 2.37. The summed E-state index contributed by atoms with van der Waals surface area (Å²) >= 11 is 0. The Morgan fingerprint density at radius 1 is 1.40 bits per heavy atom. The van der Waals surface area contributed by atoms with Crippen molar-refractivity contribution >= 4 is 5.91 Å². The summed E-state index contributed by atoms with van der Waals surface area (Å²) in [6, 6.07) is 0.312. The lowest BCUT2D eigenvalue weighted by molar-refractivity contribution is -0.139. The van der Waals surface area contributed by atoms with Gasteiger partial charge in [-0.05, 0) is 38.0 Å². The number of hydrogen-bond acceptors (Lipinski definition) is 2. The number of nitrogens with two attached hydrogens (primary N) is 1. The molecule has 1 aliphatic heterocycles. The summed E-state index contributed by atoms with van der Waals surface area (Å²) in [5.74, 6) is 1.25. The van der Waals surface area contributed by atoms with Crippen molar-refractivity contribution in [1.82, 2.24) is 4.90 Å². The van der Waals surface area contributed by atoms with Crippen LogP contribution >= 0.6 is 0 Å². The number of piperidine rings is 1. The number of likely N-dealkylation sites (tertiary alicyclic amines) is 1. The predicted octanol–water partition coefficient (Wildman–Crippen LogP) is 1.37. The van der Waals surface area contributed by atoms with E-state index in [2.05, 4.69) is 6.92 Å². The largest absolute Gasteiger partial charge is 0.338 e. The van der Waals surface area contributed by atoms with Gasteiger partial charge in [-0.15, -0.1) is 0 Å².